The first-order chi connectivity index (χ1) is 8.39. The molecule has 1 rings (SSSR count). The average Bonchev–Trinajstić information content (AvgIpc) is 2.36. The number of aromatic hydroxyl groups is 1. The lowest BCUT2D eigenvalue weighted by atomic mass is 10.0. The number of hydrogen-bond donors (Lipinski definition) is 2. The van der Waals surface area contributed by atoms with Crippen LogP contribution in [0.2, 0.25) is 0 Å². The van der Waals surface area contributed by atoms with Gasteiger partial charge < -0.3 is 19.9 Å². The van der Waals surface area contributed by atoms with E-state index in [-0.39, 0.29) is 17.4 Å². The highest BCUT2D eigenvalue weighted by Crippen LogP contribution is 2.28. The Morgan fingerprint density at radius 2 is 2.00 bits per heavy atom. The van der Waals surface area contributed by atoms with Crippen molar-refractivity contribution in [1.29, 1.82) is 0 Å². The quantitative estimate of drug-likeness (QED) is 0.817. The van der Waals surface area contributed by atoms with Crippen LogP contribution in [0.3, 0.4) is 0 Å². The molecule has 1 unspecified atom stereocenters. The smallest absolute Gasteiger partial charge is 0.120 e. The van der Waals surface area contributed by atoms with E-state index in [1.165, 1.54) is 0 Å². The molecule has 1 aromatic rings. The number of benzene rings is 1. The maximum absolute atomic E-state index is 9.86. The summed E-state index contributed by atoms with van der Waals surface area (Å²) in [4.78, 5) is 0. The number of phenolic OH excluding ortho intramolecular Hbond substituents is 1. The summed E-state index contributed by atoms with van der Waals surface area (Å²) in [5, 5.41) is 13.2. The summed E-state index contributed by atoms with van der Waals surface area (Å²) in [6.07, 6.45) is 0. The van der Waals surface area contributed by atoms with E-state index in [2.05, 4.69) is 5.32 Å². The summed E-state index contributed by atoms with van der Waals surface area (Å²) in [7, 11) is 3.30. The fourth-order valence-corrected chi connectivity index (χ4v) is 1.59. The molecule has 0 heterocycles. The van der Waals surface area contributed by atoms with Crippen LogP contribution in [0.5, 0.6) is 11.5 Å². The molecule has 0 fully saturated rings. The molecule has 4 nitrogen and oxygen atoms in total. The fourth-order valence-electron chi connectivity index (χ4n) is 1.59. The van der Waals surface area contributed by atoms with Crippen molar-refractivity contribution in [2.75, 3.05) is 20.8 Å². The normalized spacial score (nSPS) is 13.4. The van der Waals surface area contributed by atoms with Crippen molar-refractivity contribution in [1.82, 2.24) is 5.32 Å². The maximum atomic E-state index is 9.86. The molecule has 0 bridgehead atoms. The van der Waals surface area contributed by atoms with Crippen LogP contribution < -0.4 is 10.1 Å². The minimum atomic E-state index is -0.233. The second-order valence-corrected chi connectivity index (χ2v) is 4.99. The van der Waals surface area contributed by atoms with Crippen molar-refractivity contribution in [3.63, 3.8) is 0 Å². The van der Waals surface area contributed by atoms with Gasteiger partial charge in [0.1, 0.15) is 11.5 Å². The Morgan fingerprint density at radius 1 is 1.33 bits per heavy atom. The van der Waals surface area contributed by atoms with Gasteiger partial charge in [-0.1, -0.05) is 0 Å². The Labute approximate surface area is 109 Å². The minimum absolute atomic E-state index is 0.0227. The first kappa shape index (κ1) is 14.8. The Bertz CT molecular complexity index is 391. The maximum Gasteiger partial charge on any atom is 0.120 e. The number of ether oxygens (including phenoxy) is 2. The lowest BCUT2D eigenvalue weighted by molar-refractivity contribution is 0.0213. The monoisotopic (exact) mass is 253 g/mol. The Balaban J connectivity index is 2.74. The summed E-state index contributed by atoms with van der Waals surface area (Å²) >= 11 is 0. The van der Waals surface area contributed by atoms with Crippen LogP contribution in [0.1, 0.15) is 32.4 Å². The van der Waals surface area contributed by atoms with Crippen LogP contribution in [-0.4, -0.2) is 31.5 Å². The van der Waals surface area contributed by atoms with Gasteiger partial charge in [0, 0.05) is 25.3 Å². The van der Waals surface area contributed by atoms with Gasteiger partial charge in [-0.2, -0.15) is 0 Å². The molecule has 1 aromatic carbocycles. The molecule has 0 aromatic heterocycles. The summed E-state index contributed by atoms with van der Waals surface area (Å²) in [5.74, 6) is 1.01. The van der Waals surface area contributed by atoms with E-state index in [1.807, 2.05) is 26.8 Å². The van der Waals surface area contributed by atoms with E-state index in [4.69, 9.17) is 9.47 Å². The fraction of sp³-hybridized carbons (Fsp3) is 0.571. The van der Waals surface area contributed by atoms with E-state index in [9.17, 15) is 5.11 Å². The topological polar surface area (TPSA) is 50.7 Å². The Morgan fingerprint density at radius 3 is 2.56 bits per heavy atom. The van der Waals surface area contributed by atoms with E-state index in [0.717, 1.165) is 11.3 Å². The lowest BCUT2D eigenvalue weighted by Crippen LogP contribution is -2.37. The van der Waals surface area contributed by atoms with Gasteiger partial charge in [-0.15, -0.1) is 0 Å². The largest absolute Gasteiger partial charge is 0.508 e. The predicted octanol–water partition coefficient (Wildman–Crippen LogP) is 2.48. The average molecular weight is 253 g/mol. The first-order valence-corrected chi connectivity index (χ1v) is 6.05. The van der Waals surface area contributed by atoms with E-state index in [0.29, 0.717) is 6.54 Å². The van der Waals surface area contributed by atoms with Gasteiger partial charge in [0.2, 0.25) is 0 Å². The van der Waals surface area contributed by atoms with Crippen LogP contribution in [-0.2, 0) is 4.74 Å². The molecule has 1 atom stereocenters. The van der Waals surface area contributed by atoms with Crippen molar-refractivity contribution < 1.29 is 14.6 Å². The molecule has 0 aliphatic carbocycles. The highest BCUT2D eigenvalue weighted by molar-refractivity contribution is 5.41. The van der Waals surface area contributed by atoms with Gasteiger partial charge in [-0.3, -0.25) is 0 Å². The molecule has 0 amide bonds. The van der Waals surface area contributed by atoms with Crippen LogP contribution in [0.4, 0.5) is 0 Å². The molecular weight excluding hydrogens is 230 g/mol. The summed E-state index contributed by atoms with van der Waals surface area (Å²) in [6.45, 7) is 6.72. The Hall–Kier alpha value is -1.26. The third-order valence-corrected chi connectivity index (χ3v) is 3.09. The van der Waals surface area contributed by atoms with Crippen LogP contribution in [0, 0.1) is 0 Å². The second kappa shape index (κ2) is 6.07. The molecule has 0 aliphatic rings. The highest BCUT2D eigenvalue weighted by atomic mass is 16.5. The minimum Gasteiger partial charge on any atom is -0.508 e. The van der Waals surface area contributed by atoms with Gasteiger partial charge in [-0.25, -0.2) is 0 Å². The third kappa shape index (κ3) is 3.89. The van der Waals surface area contributed by atoms with E-state index < -0.39 is 0 Å². The molecule has 0 saturated carbocycles. The molecule has 0 spiro atoms. The zero-order valence-corrected chi connectivity index (χ0v) is 11.8. The molecule has 18 heavy (non-hydrogen) atoms. The molecule has 0 radical (unpaired) electrons. The summed E-state index contributed by atoms with van der Waals surface area (Å²) in [5.41, 5.74) is 0.587. The molecular formula is C14H23NO3. The van der Waals surface area contributed by atoms with Gasteiger partial charge in [-0.05, 0) is 39.0 Å². The molecule has 2 N–H and O–H groups in total. The molecule has 102 valence electrons. The number of rotatable bonds is 6. The van der Waals surface area contributed by atoms with Crippen molar-refractivity contribution in [2.45, 2.75) is 32.4 Å². The van der Waals surface area contributed by atoms with Gasteiger partial charge >= 0.3 is 0 Å². The number of nitrogens with one attached hydrogen (secondary N) is 1. The highest BCUT2D eigenvalue weighted by Gasteiger charge is 2.19. The second-order valence-electron chi connectivity index (χ2n) is 4.99. The summed E-state index contributed by atoms with van der Waals surface area (Å²) in [6, 6.07) is 5.25. The van der Waals surface area contributed by atoms with Gasteiger partial charge in [0.25, 0.3) is 0 Å². The molecule has 4 heteroatoms. The lowest BCUT2D eigenvalue weighted by Gasteiger charge is -2.26. The van der Waals surface area contributed by atoms with Crippen molar-refractivity contribution in [3.05, 3.63) is 23.8 Å². The van der Waals surface area contributed by atoms with Gasteiger partial charge in [0.15, 0.2) is 0 Å². The van der Waals surface area contributed by atoms with Crippen molar-refractivity contribution in [2.24, 2.45) is 0 Å². The number of phenols is 1. The Kier molecular flexibility index (Phi) is 4.99. The van der Waals surface area contributed by atoms with E-state index >= 15 is 0 Å². The van der Waals surface area contributed by atoms with Crippen molar-refractivity contribution >= 4 is 0 Å². The number of hydrogen-bond acceptors (Lipinski definition) is 4. The van der Waals surface area contributed by atoms with Crippen LogP contribution >= 0.6 is 0 Å². The van der Waals surface area contributed by atoms with E-state index in [1.54, 1.807) is 26.4 Å². The van der Waals surface area contributed by atoms with Crippen LogP contribution in [0.25, 0.3) is 0 Å². The molecule has 0 aliphatic heterocycles. The molecule has 0 saturated heterocycles. The third-order valence-electron chi connectivity index (χ3n) is 3.09. The summed E-state index contributed by atoms with van der Waals surface area (Å²) < 4.78 is 10.5. The van der Waals surface area contributed by atoms with Crippen LogP contribution in [0.15, 0.2) is 18.2 Å². The number of methoxy groups -OCH3 is 2. The predicted molar refractivity (Wildman–Crippen MR) is 72.2 cm³/mol. The van der Waals surface area contributed by atoms with Gasteiger partial charge in [0.05, 0.1) is 12.7 Å². The SMILES string of the molecule is COc1ccc(O)c(C(C)NCC(C)(C)OC)c1. The zero-order chi connectivity index (χ0) is 13.8. The van der Waals surface area contributed by atoms with Crippen molar-refractivity contribution in [3.8, 4) is 11.5 Å². The first-order valence-electron chi connectivity index (χ1n) is 6.05. The zero-order valence-electron chi connectivity index (χ0n) is 11.8. The standard InChI is InChI=1S/C14H23NO3/c1-10(15-9-14(2,3)18-5)12-8-11(17-4)6-7-13(12)16/h6-8,10,15-16H,9H2,1-5H3.